The molecule has 100 valence electrons. The minimum Gasteiger partial charge on any atom is -0.319 e. The van der Waals surface area contributed by atoms with Gasteiger partial charge in [0.05, 0.1) is 0 Å². The minimum absolute atomic E-state index is 0.902. The van der Waals surface area contributed by atoms with Crippen LogP contribution >= 0.6 is 0 Å². The van der Waals surface area contributed by atoms with E-state index in [-0.39, 0.29) is 0 Å². The quantitative estimate of drug-likeness (QED) is 0.758. The van der Waals surface area contributed by atoms with Gasteiger partial charge in [0.2, 0.25) is 0 Å². The average Bonchev–Trinajstić information content (AvgIpc) is 2.59. The van der Waals surface area contributed by atoms with Gasteiger partial charge in [-0.2, -0.15) is 0 Å². The number of rotatable bonds is 4. The molecule has 0 aromatic rings. The van der Waals surface area contributed by atoms with Gasteiger partial charge in [-0.15, -0.1) is 0 Å². The predicted octanol–water partition coefficient (Wildman–Crippen LogP) is 2.89. The third kappa shape index (κ3) is 4.59. The Bertz CT molecular complexity index is 195. The van der Waals surface area contributed by atoms with Crippen molar-refractivity contribution in [2.24, 2.45) is 11.8 Å². The number of nitrogens with zero attached hydrogens (tertiary/aromatic N) is 1. The highest BCUT2D eigenvalue weighted by molar-refractivity contribution is 4.77. The van der Waals surface area contributed by atoms with Crippen molar-refractivity contribution in [1.82, 2.24) is 10.2 Å². The van der Waals surface area contributed by atoms with E-state index in [0.717, 1.165) is 11.8 Å². The molecule has 0 aromatic heterocycles. The maximum atomic E-state index is 3.34. The standard InChI is InChI=1S/C15H30N2/c1-16-11-15-9-6-10-17(13-15)12-14-7-4-2-3-5-8-14/h14-16H,2-13H2,1H3. The summed E-state index contributed by atoms with van der Waals surface area (Å²) in [7, 11) is 2.09. The van der Waals surface area contributed by atoms with E-state index in [2.05, 4.69) is 17.3 Å². The van der Waals surface area contributed by atoms with Crippen LogP contribution in [0.25, 0.3) is 0 Å². The highest BCUT2D eigenvalue weighted by Crippen LogP contribution is 2.25. The molecule has 1 heterocycles. The summed E-state index contributed by atoms with van der Waals surface area (Å²) in [5, 5.41) is 3.34. The fraction of sp³-hybridized carbons (Fsp3) is 1.00. The van der Waals surface area contributed by atoms with E-state index in [9.17, 15) is 0 Å². The van der Waals surface area contributed by atoms with Crippen molar-refractivity contribution < 1.29 is 0 Å². The summed E-state index contributed by atoms with van der Waals surface area (Å²) in [6, 6.07) is 0. The van der Waals surface area contributed by atoms with E-state index >= 15 is 0 Å². The van der Waals surface area contributed by atoms with E-state index in [1.807, 2.05) is 0 Å². The third-order valence-corrected chi connectivity index (χ3v) is 4.59. The van der Waals surface area contributed by atoms with Gasteiger partial charge in [-0.05, 0) is 57.7 Å². The molecule has 1 aliphatic carbocycles. The number of likely N-dealkylation sites (tertiary alicyclic amines) is 1. The van der Waals surface area contributed by atoms with E-state index in [4.69, 9.17) is 0 Å². The molecule has 1 aliphatic heterocycles. The molecule has 1 atom stereocenters. The maximum absolute atomic E-state index is 3.34. The predicted molar refractivity (Wildman–Crippen MR) is 74.3 cm³/mol. The van der Waals surface area contributed by atoms with Crippen LogP contribution in [0.2, 0.25) is 0 Å². The second kappa shape index (κ2) is 7.38. The van der Waals surface area contributed by atoms with E-state index in [1.54, 1.807) is 0 Å². The van der Waals surface area contributed by atoms with Crippen molar-refractivity contribution in [3.63, 3.8) is 0 Å². The Morgan fingerprint density at radius 1 is 0.941 bits per heavy atom. The summed E-state index contributed by atoms with van der Waals surface area (Å²) in [4.78, 5) is 2.75. The van der Waals surface area contributed by atoms with Crippen molar-refractivity contribution in [1.29, 1.82) is 0 Å². The lowest BCUT2D eigenvalue weighted by atomic mass is 9.94. The zero-order valence-electron chi connectivity index (χ0n) is 11.6. The molecule has 1 N–H and O–H groups in total. The Morgan fingerprint density at radius 3 is 2.35 bits per heavy atom. The Hall–Kier alpha value is -0.0800. The van der Waals surface area contributed by atoms with Crippen LogP contribution in [0.5, 0.6) is 0 Å². The summed E-state index contributed by atoms with van der Waals surface area (Å²) < 4.78 is 0. The first-order valence-electron chi connectivity index (χ1n) is 7.75. The highest BCUT2D eigenvalue weighted by atomic mass is 15.1. The molecule has 17 heavy (non-hydrogen) atoms. The molecule has 2 fully saturated rings. The third-order valence-electron chi connectivity index (χ3n) is 4.59. The van der Waals surface area contributed by atoms with Crippen LogP contribution in [0, 0.1) is 11.8 Å². The molecule has 1 saturated heterocycles. The molecule has 0 amide bonds. The second-order valence-electron chi connectivity index (χ2n) is 6.18. The summed E-state index contributed by atoms with van der Waals surface area (Å²) in [6.45, 7) is 5.30. The van der Waals surface area contributed by atoms with Gasteiger partial charge in [0.25, 0.3) is 0 Å². The van der Waals surface area contributed by atoms with Gasteiger partial charge in [-0.25, -0.2) is 0 Å². The molecule has 0 spiro atoms. The van der Waals surface area contributed by atoms with Gasteiger partial charge >= 0.3 is 0 Å². The summed E-state index contributed by atoms with van der Waals surface area (Å²) in [5.74, 6) is 1.91. The van der Waals surface area contributed by atoms with Gasteiger partial charge in [0, 0.05) is 13.1 Å². The molecule has 2 rings (SSSR count). The van der Waals surface area contributed by atoms with Crippen LogP contribution in [0.1, 0.15) is 51.4 Å². The topological polar surface area (TPSA) is 15.3 Å². The Morgan fingerprint density at radius 2 is 1.65 bits per heavy atom. The van der Waals surface area contributed by atoms with Crippen molar-refractivity contribution in [2.75, 3.05) is 33.2 Å². The molecule has 2 nitrogen and oxygen atoms in total. The largest absolute Gasteiger partial charge is 0.319 e. The fourth-order valence-electron chi connectivity index (χ4n) is 3.68. The van der Waals surface area contributed by atoms with Crippen LogP contribution in [0.15, 0.2) is 0 Å². The van der Waals surface area contributed by atoms with Crippen LogP contribution in [0.3, 0.4) is 0 Å². The normalized spacial score (nSPS) is 29.1. The smallest absolute Gasteiger partial charge is 0.00219 e. The van der Waals surface area contributed by atoms with Crippen LogP contribution in [0.4, 0.5) is 0 Å². The Kier molecular flexibility index (Phi) is 5.79. The van der Waals surface area contributed by atoms with Gasteiger partial charge in [0.1, 0.15) is 0 Å². The molecular weight excluding hydrogens is 208 g/mol. The molecular formula is C15H30N2. The molecule has 0 bridgehead atoms. The second-order valence-corrected chi connectivity index (χ2v) is 6.18. The number of nitrogens with one attached hydrogen (secondary N) is 1. The lowest BCUT2D eigenvalue weighted by molar-refractivity contribution is 0.145. The zero-order chi connectivity index (χ0) is 11.9. The first-order valence-corrected chi connectivity index (χ1v) is 7.75. The fourth-order valence-corrected chi connectivity index (χ4v) is 3.68. The average molecular weight is 238 g/mol. The number of hydrogen-bond acceptors (Lipinski definition) is 2. The lowest BCUT2D eigenvalue weighted by Gasteiger charge is -2.34. The molecule has 1 unspecified atom stereocenters. The summed E-state index contributed by atoms with van der Waals surface area (Å²) >= 11 is 0. The molecule has 0 radical (unpaired) electrons. The molecule has 0 aromatic carbocycles. The number of hydrogen-bond donors (Lipinski definition) is 1. The van der Waals surface area contributed by atoms with E-state index in [1.165, 1.54) is 77.5 Å². The van der Waals surface area contributed by atoms with Crippen molar-refractivity contribution in [2.45, 2.75) is 51.4 Å². The van der Waals surface area contributed by atoms with Gasteiger partial charge < -0.3 is 10.2 Å². The minimum atomic E-state index is 0.902. The van der Waals surface area contributed by atoms with Crippen LogP contribution < -0.4 is 5.32 Å². The highest BCUT2D eigenvalue weighted by Gasteiger charge is 2.22. The molecule has 2 heteroatoms. The molecule has 2 aliphatic rings. The number of piperidine rings is 1. The van der Waals surface area contributed by atoms with E-state index < -0.39 is 0 Å². The van der Waals surface area contributed by atoms with Crippen LogP contribution in [-0.2, 0) is 0 Å². The van der Waals surface area contributed by atoms with Crippen LogP contribution in [-0.4, -0.2) is 38.1 Å². The van der Waals surface area contributed by atoms with Gasteiger partial charge in [-0.1, -0.05) is 25.7 Å². The zero-order valence-corrected chi connectivity index (χ0v) is 11.6. The first kappa shape index (κ1) is 13.4. The van der Waals surface area contributed by atoms with Crippen molar-refractivity contribution in [3.05, 3.63) is 0 Å². The maximum Gasteiger partial charge on any atom is 0.00219 e. The Labute approximate surface area is 107 Å². The van der Waals surface area contributed by atoms with Gasteiger partial charge in [0.15, 0.2) is 0 Å². The molecule has 1 saturated carbocycles. The van der Waals surface area contributed by atoms with Crippen molar-refractivity contribution in [3.8, 4) is 0 Å². The van der Waals surface area contributed by atoms with E-state index in [0.29, 0.717) is 0 Å². The summed E-state index contributed by atoms with van der Waals surface area (Å²) in [5.41, 5.74) is 0. The van der Waals surface area contributed by atoms with Gasteiger partial charge in [-0.3, -0.25) is 0 Å². The summed E-state index contributed by atoms with van der Waals surface area (Å²) in [6.07, 6.45) is 11.8. The van der Waals surface area contributed by atoms with Crippen molar-refractivity contribution >= 4 is 0 Å². The lowest BCUT2D eigenvalue weighted by Crippen LogP contribution is -2.41. The first-order chi connectivity index (χ1) is 8.38. The monoisotopic (exact) mass is 238 g/mol. The Balaban J connectivity index is 1.73. The SMILES string of the molecule is CNCC1CCCN(CC2CCCCCC2)C1.